The molecule has 0 bridgehead atoms. The van der Waals surface area contributed by atoms with Crippen LogP contribution in [0.2, 0.25) is 0 Å². The van der Waals surface area contributed by atoms with Crippen LogP contribution in [0.3, 0.4) is 0 Å². The van der Waals surface area contributed by atoms with Gasteiger partial charge in [0.1, 0.15) is 11.4 Å². The van der Waals surface area contributed by atoms with Crippen LogP contribution in [0, 0.1) is 6.92 Å². The fourth-order valence-corrected chi connectivity index (χ4v) is 3.64. The lowest BCUT2D eigenvalue weighted by atomic mass is 9.89. The average Bonchev–Trinajstić information content (AvgIpc) is 2.45. The summed E-state index contributed by atoms with van der Waals surface area (Å²) >= 11 is 8.98. The lowest BCUT2D eigenvalue weighted by Crippen LogP contribution is -2.42. The van der Waals surface area contributed by atoms with E-state index in [1.807, 2.05) is 24.3 Å². The van der Waals surface area contributed by atoms with Gasteiger partial charge < -0.3 is 15.4 Å². The zero-order valence-corrected chi connectivity index (χ0v) is 16.4. The van der Waals surface area contributed by atoms with Crippen LogP contribution in [0.1, 0.15) is 37.4 Å². The monoisotopic (exact) mass is 404 g/mol. The van der Waals surface area contributed by atoms with Gasteiger partial charge in [-0.1, -0.05) is 34.1 Å². The minimum absolute atomic E-state index is 0.122. The summed E-state index contributed by atoms with van der Waals surface area (Å²) in [5, 5.41) is 7.31. The van der Waals surface area contributed by atoms with Crippen molar-refractivity contribution in [3.63, 3.8) is 0 Å². The summed E-state index contributed by atoms with van der Waals surface area (Å²) in [6.45, 7) is 6.29. The summed E-state index contributed by atoms with van der Waals surface area (Å²) in [5.41, 5.74) is 3.07. The maximum absolute atomic E-state index is 6.14. The van der Waals surface area contributed by atoms with Gasteiger partial charge in [-0.05, 0) is 62.8 Å². The van der Waals surface area contributed by atoms with E-state index in [4.69, 9.17) is 17.0 Å². The minimum Gasteiger partial charge on any atom is -0.487 e. The molecule has 126 valence electrons. The van der Waals surface area contributed by atoms with Gasteiger partial charge in [0.05, 0.1) is 6.04 Å². The van der Waals surface area contributed by atoms with Crippen LogP contribution in [0.15, 0.2) is 46.9 Å². The molecule has 0 fully saturated rings. The number of ether oxygens (including phenoxy) is 1. The molecule has 2 aromatic carbocycles. The molecule has 0 radical (unpaired) electrons. The first kappa shape index (κ1) is 17.2. The van der Waals surface area contributed by atoms with Crippen LogP contribution < -0.4 is 15.4 Å². The molecular weight excluding hydrogens is 384 g/mol. The Kier molecular flexibility index (Phi) is 4.83. The topological polar surface area (TPSA) is 33.3 Å². The highest BCUT2D eigenvalue weighted by atomic mass is 79.9. The first-order chi connectivity index (χ1) is 11.3. The third-order valence-electron chi connectivity index (χ3n) is 4.01. The van der Waals surface area contributed by atoms with Crippen molar-refractivity contribution in [1.82, 2.24) is 5.32 Å². The van der Waals surface area contributed by atoms with Gasteiger partial charge in [0.2, 0.25) is 0 Å². The lowest BCUT2D eigenvalue weighted by molar-refractivity contribution is 0.0696. The van der Waals surface area contributed by atoms with Crippen LogP contribution in [0.25, 0.3) is 0 Å². The normalized spacial score (nSPS) is 18.2. The van der Waals surface area contributed by atoms with Gasteiger partial charge in [0.15, 0.2) is 5.11 Å². The molecule has 1 heterocycles. The smallest absolute Gasteiger partial charge is 0.171 e. The van der Waals surface area contributed by atoms with Crippen molar-refractivity contribution in [2.24, 2.45) is 0 Å². The number of rotatable bonds is 2. The van der Waals surface area contributed by atoms with Crippen molar-refractivity contribution in [3.8, 4) is 5.75 Å². The predicted molar refractivity (Wildman–Crippen MR) is 107 cm³/mol. The number of aryl methyl sites for hydroxylation is 1. The van der Waals surface area contributed by atoms with Crippen LogP contribution in [-0.4, -0.2) is 10.7 Å². The number of thiocarbonyl (C=S) groups is 1. The minimum atomic E-state index is -0.232. The molecule has 0 aliphatic carbocycles. The fraction of sp³-hybridized carbons (Fsp3) is 0.316. The van der Waals surface area contributed by atoms with Gasteiger partial charge in [0, 0.05) is 22.1 Å². The molecule has 0 amide bonds. The Morgan fingerprint density at radius 1 is 1.25 bits per heavy atom. The Bertz CT molecular complexity index is 776. The van der Waals surface area contributed by atoms with E-state index >= 15 is 0 Å². The maximum Gasteiger partial charge on any atom is 0.171 e. The standard InChI is InChI=1S/C19H21BrN2OS/c1-12-7-8-15-16(11-19(2,3)23-17(15)9-12)22-18(24)21-14-6-4-5-13(20)10-14/h4-10,16H,11H2,1-3H3,(H2,21,22,24)/t16-/m0/s1. The molecule has 0 unspecified atom stereocenters. The molecule has 3 rings (SSSR count). The highest BCUT2D eigenvalue weighted by molar-refractivity contribution is 9.10. The van der Waals surface area contributed by atoms with Gasteiger partial charge >= 0.3 is 0 Å². The lowest BCUT2D eigenvalue weighted by Gasteiger charge is -2.38. The molecule has 5 heteroatoms. The highest BCUT2D eigenvalue weighted by Gasteiger charge is 2.34. The van der Waals surface area contributed by atoms with E-state index in [9.17, 15) is 0 Å². The molecule has 0 spiro atoms. The van der Waals surface area contributed by atoms with Crippen molar-refractivity contribution in [2.75, 3.05) is 5.32 Å². The van der Waals surface area contributed by atoms with E-state index in [-0.39, 0.29) is 11.6 Å². The van der Waals surface area contributed by atoms with Crippen molar-refractivity contribution in [2.45, 2.75) is 38.8 Å². The second-order valence-electron chi connectivity index (χ2n) is 6.77. The van der Waals surface area contributed by atoms with Crippen molar-refractivity contribution in [3.05, 3.63) is 58.1 Å². The molecule has 3 nitrogen and oxygen atoms in total. The van der Waals surface area contributed by atoms with Gasteiger partial charge in [-0.2, -0.15) is 0 Å². The van der Waals surface area contributed by atoms with Crippen molar-refractivity contribution in [1.29, 1.82) is 0 Å². The second kappa shape index (κ2) is 6.73. The third-order valence-corrected chi connectivity index (χ3v) is 4.73. The average molecular weight is 405 g/mol. The number of benzene rings is 2. The number of fused-ring (bicyclic) bond motifs is 1. The van der Waals surface area contributed by atoms with Gasteiger partial charge in [-0.3, -0.25) is 0 Å². The number of hydrogen-bond donors (Lipinski definition) is 2. The molecule has 2 N–H and O–H groups in total. The van der Waals surface area contributed by atoms with E-state index in [0.717, 1.165) is 27.9 Å². The second-order valence-corrected chi connectivity index (χ2v) is 8.09. The van der Waals surface area contributed by atoms with Crippen molar-refractivity contribution < 1.29 is 4.74 Å². The first-order valence-electron chi connectivity index (χ1n) is 7.95. The van der Waals surface area contributed by atoms with Crippen molar-refractivity contribution >= 4 is 38.9 Å². The third kappa shape index (κ3) is 4.08. The molecular formula is C19H21BrN2OS. The number of anilines is 1. The predicted octanol–water partition coefficient (Wildman–Crippen LogP) is 5.35. The molecule has 0 saturated heterocycles. The molecule has 2 aromatic rings. The number of nitrogens with one attached hydrogen (secondary N) is 2. The largest absolute Gasteiger partial charge is 0.487 e. The van der Waals surface area contributed by atoms with E-state index in [1.165, 1.54) is 5.56 Å². The Balaban J connectivity index is 1.78. The molecule has 0 saturated carbocycles. The summed E-state index contributed by atoms with van der Waals surface area (Å²) < 4.78 is 7.15. The summed E-state index contributed by atoms with van der Waals surface area (Å²) in [4.78, 5) is 0. The molecule has 1 aliphatic heterocycles. The summed E-state index contributed by atoms with van der Waals surface area (Å²) in [6.07, 6.45) is 0.851. The molecule has 1 atom stereocenters. The zero-order chi connectivity index (χ0) is 17.3. The summed E-state index contributed by atoms with van der Waals surface area (Å²) in [7, 11) is 0. The van der Waals surface area contributed by atoms with E-state index < -0.39 is 0 Å². The summed E-state index contributed by atoms with van der Waals surface area (Å²) in [6, 6.07) is 14.4. The highest BCUT2D eigenvalue weighted by Crippen LogP contribution is 2.39. The Morgan fingerprint density at radius 3 is 2.79 bits per heavy atom. The van der Waals surface area contributed by atoms with E-state index in [2.05, 4.69) is 65.5 Å². The quantitative estimate of drug-likeness (QED) is 0.661. The molecule has 1 aliphatic rings. The first-order valence-corrected chi connectivity index (χ1v) is 9.15. The zero-order valence-electron chi connectivity index (χ0n) is 14.0. The Labute approximate surface area is 156 Å². The maximum atomic E-state index is 6.14. The molecule has 0 aromatic heterocycles. The van der Waals surface area contributed by atoms with E-state index in [0.29, 0.717) is 5.11 Å². The molecule has 24 heavy (non-hydrogen) atoms. The van der Waals surface area contributed by atoms with E-state index in [1.54, 1.807) is 0 Å². The fourth-order valence-electron chi connectivity index (χ4n) is 2.98. The number of halogens is 1. The summed E-state index contributed by atoms with van der Waals surface area (Å²) in [5.74, 6) is 0.939. The SMILES string of the molecule is Cc1ccc2c(c1)OC(C)(C)C[C@@H]2NC(=S)Nc1cccc(Br)c1. The van der Waals surface area contributed by atoms with Crippen LogP contribution >= 0.6 is 28.1 Å². The Morgan fingerprint density at radius 2 is 2.04 bits per heavy atom. The van der Waals surface area contributed by atoms with Crippen LogP contribution in [-0.2, 0) is 0 Å². The Hall–Kier alpha value is -1.59. The van der Waals surface area contributed by atoms with Crippen LogP contribution in [0.4, 0.5) is 5.69 Å². The van der Waals surface area contributed by atoms with Gasteiger partial charge in [-0.15, -0.1) is 0 Å². The van der Waals surface area contributed by atoms with Crippen LogP contribution in [0.5, 0.6) is 5.75 Å². The number of hydrogen-bond acceptors (Lipinski definition) is 2. The van der Waals surface area contributed by atoms with Gasteiger partial charge in [-0.25, -0.2) is 0 Å². The van der Waals surface area contributed by atoms with Gasteiger partial charge in [0.25, 0.3) is 0 Å².